The lowest BCUT2D eigenvalue weighted by molar-refractivity contribution is 0.307. The number of aryl methyl sites for hydroxylation is 1. The molecule has 36 heavy (non-hydrogen) atoms. The van der Waals surface area contributed by atoms with E-state index in [1.807, 2.05) is 31.2 Å². The maximum Gasteiger partial charge on any atom is 0.268 e. The summed E-state index contributed by atoms with van der Waals surface area (Å²) in [6.45, 7) is 2.08. The molecule has 1 aromatic carbocycles. The van der Waals surface area contributed by atoms with Crippen molar-refractivity contribution in [3.8, 4) is 11.8 Å². The van der Waals surface area contributed by atoms with E-state index in [1.165, 1.54) is 23.0 Å². The highest BCUT2D eigenvalue weighted by Crippen LogP contribution is 2.33. The molecule has 0 aliphatic carbocycles. The number of nitriles is 1. The van der Waals surface area contributed by atoms with Crippen LogP contribution in [-0.2, 0) is 13.2 Å². The Morgan fingerprint density at radius 1 is 1.31 bits per heavy atom. The Bertz CT molecular complexity index is 1600. The Labute approximate surface area is 216 Å². The summed E-state index contributed by atoms with van der Waals surface area (Å²) in [6, 6.07) is 14.0. The summed E-state index contributed by atoms with van der Waals surface area (Å²) in [5.74, 6) is 0.530. The summed E-state index contributed by atoms with van der Waals surface area (Å²) in [5.41, 5.74) is 8.29. The number of nitrogens with zero attached hydrogens (tertiary/aromatic N) is 5. The molecular formula is C26H20Cl2N6O2. The molecule has 0 spiro atoms. The zero-order valence-electron chi connectivity index (χ0n) is 19.2. The van der Waals surface area contributed by atoms with Gasteiger partial charge in [-0.1, -0.05) is 35.3 Å². The predicted octanol–water partition coefficient (Wildman–Crippen LogP) is 4.99. The Kier molecular flexibility index (Phi) is 7.64. The molecule has 0 unspecified atom stereocenters. The van der Waals surface area contributed by atoms with E-state index in [9.17, 15) is 4.79 Å². The van der Waals surface area contributed by atoms with Crippen LogP contribution in [-0.4, -0.2) is 20.7 Å². The largest absolute Gasteiger partial charge is 0.486 e. The van der Waals surface area contributed by atoms with Crippen LogP contribution in [0.3, 0.4) is 0 Å². The van der Waals surface area contributed by atoms with Gasteiger partial charge in [0, 0.05) is 41.5 Å². The van der Waals surface area contributed by atoms with E-state index in [0.29, 0.717) is 38.3 Å². The number of aromatic nitrogens is 3. The number of hydrogen-bond acceptors (Lipinski definition) is 7. The lowest BCUT2D eigenvalue weighted by Crippen LogP contribution is -2.23. The zero-order chi connectivity index (χ0) is 25.7. The first-order valence-electron chi connectivity index (χ1n) is 10.8. The van der Waals surface area contributed by atoms with Crippen LogP contribution in [0.15, 0.2) is 75.9 Å². The minimum absolute atomic E-state index is 0.0521. The summed E-state index contributed by atoms with van der Waals surface area (Å²) >= 11 is 12.5. The fraction of sp³-hybridized carbons (Fsp3) is 0.115. The highest BCUT2D eigenvalue weighted by atomic mass is 35.5. The number of allylic oxidation sites excluding steroid dienone is 1. The topological polar surface area (TPSA) is 119 Å². The van der Waals surface area contributed by atoms with Gasteiger partial charge in [-0.15, -0.1) is 0 Å². The first-order chi connectivity index (χ1) is 17.4. The molecule has 3 heterocycles. The predicted molar refractivity (Wildman–Crippen MR) is 141 cm³/mol. The van der Waals surface area contributed by atoms with E-state index >= 15 is 0 Å². The maximum absolute atomic E-state index is 12.5. The number of benzene rings is 1. The molecular weight excluding hydrogens is 499 g/mol. The number of aliphatic imine (C=N–C) groups is 1. The third-order valence-corrected chi connectivity index (χ3v) is 5.89. The van der Waals surface area contributed by atoms with Crippen molar-refractivity contribution in [1.29, 1.82) is 5.26 Å². The van der Waals surface area contributed by atoms with E-state index in [-0.39, 0.29) is 18.7 Å². The van der Waals surface area contributed by atoms with Crippen molar-refractivity contribution < 1.29 is 4.74 Å². The standard InChI is InChI=1S/C26H20Cl2N6O2/c1-16-10-22(32-13-18(27)12-30)19-5-2-6-24(25(19)33-16)36-15-20-21(28)7-8-31-23(20)14-34-9-3-4-17(11-29)26(34)35/h2-10,12-13H,14-15,30H2,1H3/b18-12+,32-13?. The molecule has 2 N–H and O–H groups in total. The third kappa shape index (κ3) is 5.38. The SMILES string of the molecule is Cc1cc(N=C/C(Cl)=C\N)c2cccc(OCc3c(Cl)ccnc3Cn3cccc(C#N)c3=O)c2n1. The minimum Gasteiger partial charge on any atom is -0.486 e. The quantitative estimate of drug-likeness (QED) is 0.344. The number of nitrogens with two attached hydrogens (primary N) is 1. The second-order valence-corrected chi connectivity index (χ2v) is 8.56. The summed E-state index contributed by atoms with van der Waals surface area (Å²) in [7, 11) is 0. The molecule has 4 aromatic rings. The van der Waals surface area contributed by atoms with Crippen molar-refractivity contribution in [2.45, 2.75) is 20.1 Å². The fourth-order valence-corrected chi connectivity index (χ4v) is 3.85. The number of para-hydroxylation sites is 1. The third-order valence-electron chi connectivity index (χ3n) is 5.32. The first kappa shape index (κ1) is 24.9. The summed E-state index contributed by atoms with van der Waals surface area (Å²) in [6.07, 6.45) is 5.89. The van der Waals surface area contributed by atoms with Crippen LogP contribution in [0.1, 0.15) is 22.5 Å². The summed E-state index contributed by atoms with van der Waals surface area (Å²) in [4.78, 5) is 26.0. The molecule has 0 atom stereocenters. The van der Waals surface area contributed by atoms with Gasteiger partial charge in [0.05, 0.1) is 28.0 Å². The van der Waals surface area contributed by atoms with Crippen LogP contribution in [0.2, 0.25) is 5.02 Å². The van der Waals surface area contributed by atoms with Crippen molar-refractivity contribution in [2.24, 2.45) is 10.7 Å². The summed E-state index contributed by atoms with van der Waals surface area (Å²) < 4.78 is 7.57. The van der Waals surface area contributed by atoms with Crippen LogP contribution in [0.25, 0.3) is 10.9 Å². The highest BCUT2D eigenvalue weighted by Gasteiger charge is 2.14. The molecule has 0 radical (unpaired) electrons. The second-order valence-electron chi connectivity index (χ2n) is 7.72. The smallest absolute Gasteiger partial charge is 0.268 e. The van der Waals surface area contributed by atoms with Crippen LogP contribution in [0, 0.1) is 18.3 Å². The number of fused-ring (bicyclic) bond motifs is 1. The highest BCUT2D eigenvalue weighted by molar-refractivity contribution is 6.39. The normalized spacial score (nSPS) is 11.7. The van der Waals surface area contributed by atoms with Gasteiger partial charge >= 0.3 is 0 Å². The molecule has 10 heteroatoms. The fourth-order valence-electron chi connectivity index (χ4n) is 3.58. The Morgan fingerprint density at radius 3 is 2.92 bits per heavy atom. The van der Waals surface area contributed by atoms with Crippen molar-refractivity contribution in [1.82, 2.24) is 14.5 Å². The Morgan fingerprint density at radius 2 is 2.14 bits per heavy atom. The Balaban J connectivity index is 1.68. The number of halogens is 2. The Hall–Kier alpha value is -4.19. The van der Waals surface area contributed by atoms with Gasteiger partial charge in [0.25, 0.3) is 5.56 Å². The lowest BCUT2D eigenvalue weighted by atomic mass is 10.1. The van der Waals surface area contributed by atoms with E-state index in [2.05, 4.69) is 15.0 Å². The van der Waals surface area contributed by atoms with E-state index < -0.39 is 5.56 Å². The average Bonchev–Trinajstić information content (AvgIpc) is 2.88. The van der Waals surface area contributed by atoms with E-state index in [4.69, 9.17) is 38.9 Å². The van der Waals surface area contributed by atoms with Gasteiger partial charge in [-0.3, -0.25) is 14.8 Å². The van der Waals surface area contributed by atoms with Gasteiger partial charge in [-0.2, -0.15) is 5.26 Å². The molecule has 180 valence electrons. The monoisotopic (exact) mass is 518 g/mol. The van der Waals surface area contributed by atoms with E-state index in [0.717, 1.165) is 11.1 Å². The molecule has 0 aliphatic heterocycles. The minimum atomic E-state index is -0.403. The second kappa shape index (κ2) is 11.0. The molecule has 0 aliphatic rings. The number of rotatable bonds is 7. The van der Waals surface area contributed by atoms with Crippen LogP contribution >= 0.6 is 23.2 Å². The molecule has 8 nitrogen and oxygen atoms in total. The molecule has 0 fully saturated rings. The van der Waals surface area contributed by atoms with Crippen LogP contribution in [0.4, 0.5) is 5.69 Å². The van der Waals surface area contributed by atoms with Gasteiger partial charge in [-0.05, 0) is 37.3 Å². The van der Waals surface area contributed by atoms with Crippen LogP contribution < -0.4 is 16.0 Å². The average molecular weight is 519 g/mol. The first-order valence-corrected chi connectivity index (χ1v) is 11.5. The van der Waals surface area contributed by atoms with Gasteiger partial charge < -0.3 is 15.0 Å². The van der Waals surface area contributed by atoms with Gasteiger partial charge in [0.1, 0.15) is 29.5 Å². The van der Waals surface area contributed by atoms with Crippen molar-refractivity contribution in [3.63, 3.8) is 0 Å². The molecule has 4 rings (SSSR count). The molecule has 0 saturated carbocycles. The maximum atomic E-state index is 12.5. The van der Waals surface area contributed by atoms with Crippen molar-refractivity contribution in [3.05, 3.63) is 104 Å². The van der Waals surface area contributed by atoms with Gasteiger partial charge in [0.15, 0.2) is 0 Å². The number of pyridine rings is 3. The van der Waals surface area contributed by atoms with Gasteiger partial charge in [0.2, 0.25) is 0 Å². The molecule has 0 bridgehead atoms. The lowest BCUT2D eigenvalue weighted by Gasteiger charge is -2.15. The van der Waals surface area contributed by atoms with Crippen molar-refractivity contribution in [2.75, 3.05) is 0 Å². The van der Waals surface area contributed by atoms with Crippen molar-refractivity contribution >= 4 is 46.0 Å². The van der Waals surface area contributed by atoms with E-state index in [1.54, 1.807) is 30.6 Å². The number of ether oxygens (including phenoxy) is 1. The number of hydrogen-bond donors (Lipinski definition) is 1. The van der Waals surface area contributed by atoms with Crippen LogP contribution in [0.5, 0.6) is 5.75 Å². The molecule has 3 aromatic heterocycles. The zero-order valence-corrected chi connectivity index (χ0v) is 20.7. The molecule has 0 saturated heterocycles. The summed E-state index contributed by atoms with van der Waals surface area (Å²) in [5, 5.41) is 10.7. The molecule has 0 amide bonds. The van der Waals surface area contributed by atoms with Gasteiger partial charge in [-0.25, -0.2) is 4.98 Å².